The Bertz CT molecular complexity index is 1540. The summed E-state index contributed by atoms with van der Waals surface area (Å²) in [6, 6.07) is 23.5. The smallest absolute Gasteiger partial charge is 0.259 e. The van der Waals surface area contributed by atoms with E-state index in [4.69, 9.17) is 15.0 Å². The summed E-state index contributed by atoms with van der Waals surface area (Å²) in [6.07, 6.45) is 4.66. The Morgan fingerprint density at radius 3 is 2.66 bits per heavy atom. The second kappa shape index (κ2) is 10.8. The number of benzene rings is 3. The summed E-state index contributed by atoms with van der Waals surface area (Å²) in [5, 5.41) is 14.9. The minimum Gasteiger partial charge on any atom is -0.478 e. The number of carbonyl (C=O) groups is 1. The van der Waals surface area contributed by atoms with E-state index in [1.54, 1.807) is 17.6 Å². The molecule has 1 N–H and O–H groups in total. The number of para-hydroxylation sites is 1. The van der Waals surface area contributed by atoms with Gasteiger partial charge in [-0.05, 0) is 65.1 Å². The molecular weight excluding hydrogens is 490 g/mol. The van der Waals surface area contributed by atoms with Crippen molar-refractivity contribution in [2.24, 2.45) is 16.3 Å². The maximum atomic E-state index is 13.6. The standard InChI is InChI=1S/C32H31N3O2S/c1-32(2,3)22-14-15-25-28(19-22)38-31(29(25)30(36)35-23-10-5-4-6-11-23)34-20-26-24-12-8-7-9-21(24)13-16-27(26)37-18-17-33/h4-13,16,20,22H,14-15,18-19H2,1-3H3,(H,35,36)/t22-/m1/s1. The number of carbonyl (C=O) groups excluding carboxylic acids is 1. The number of aliphatic imine (C=N–C) groups is 1. The number of nitrogens with one attached hydrogen (secondary N) is 1. The molecule has 0 bridgehead atoms. The predicted molar refractivity (Wildman–Crippen MR) is 156 cm³/mol. The third kappa shape index (κ3) is 5.34. The number of fused-ring (bicyclic) bond motifs is 2. The van der Waals surface area contributed by atoms with E-state index < -0.39 is 0 Å². The van der Waals surface area contributed by atoms with Crippen molar-refractivity contribution in [2.45, 2.75) is 40.0 Å². The van der Waals surface area contributed by atoms with Gasteiger partial charge in [-0.1, -0.05) is 69.3 Å². The zero-order chi connectivity index (χ0) is 26.7. The number of nitriles is 1. The molecule has 1 amide bonds. The number of nitrogens with zero attached hydrogens (tertiary/aromatic N) is 2. The first-order valence-corrected chi connectivity index (χ1v) is 13.7. The Balaban J connectivity index is 1.58. The fourth-order valence-corrected chi connectivity index (χ4v) is 6.39. The Hall–Kier alpha value is -3.95. The highest BCUT2D eigenvalue weighted by atomic mass is 32.1. The molecule has 38 heavy (non-hydrogen) atoms. The Kier molecular flexibility index (Phi) is 7.31. The molecule has 0 fully saturated rings. The second-order valence-corrected chi connectivity index (χ2v) is 11.8. The van der Waals surface area contributed by atoms with E-state index in [9.17, 15) is 4.79 Å². The molecule has 1 atom stereocenters. The van der Waals surface area contributed by atoms with Gasteiger partial charge < -0.3 is 10.1 Å². The van der Waals surface area contributed by atoms with Gasteiger partial charge in [0.2, 0.25) is 0 Å². The largest absolute Gasteiger partial charge is 0.478 e. The van der Waals surface area contributed by atoms with Gasteiger partial charge in [-0.3, -0.25) is 4.79 Å². The zero-order valence-electron chi connectivity index (χ0n) is 22.0. The zero-order valence-corrected chi connectivity index (χ0v) is 22.8. The van der Waals surface area contributed by atoms with Crippen LogP contribution in [0.1, 0.15) is 53.6 Å². The Labute approximate surface area is 227 Å². The van der Waals surface area contributed by atoms with Crippen LogP contribution in [0.15, 0.2) is 71.7 Å². The molecule has 1 heterocycles. The van der Waals surface area contributed by atoms with Crippen molar-refractivity contribution >= 4 is 44.9 Å². The average molecular weight is 522 g/mol. The highest BCUT2D eigenvalue weighted by molar-refractivity contribution is 7.16. The lowest BCUT2D eigenvalue weighted by Gasteiger charge is -2.33. The summed E-state index contributed by atoms with van der Waals surface area (Å²) in [5.41, 5.74) is 3.55. The van der Waals surface area contributed by atoms with Crippen LogP contribution in [-0.2, 0) is 12.8 Å². The summed E-state index contributed by atoms with van der Waals surface area (Å²) in [6.45, 7) is 6.83. The van der Waals surface area contributed by atoms with Gasteiger partial charge in [0.25, 0.3) is 5.91 Å². The lowest BCUT2D eigenvalue weighted by atomic mass is 9.72. The van der Waals surface area contributed by atoms with Gasteiger partial charge in [0.05, 0.1) is 5.56 Å². The van der Waals surface area contributed by atoms with Gasteiger partial charge in [0, 0.05) is 22.3 Å². The van der Waals surface area contributed by atoms with E-state index in [1.165, 1.54) is 4.88 Å². The summed E-state index contributed by atoms with van der Waals surface area (Å²) in [5.74, 6) is 1.02. The molecule has 192 valence electrons. The highest BCUT2D eigenvalue weighted by Gasteiger charge is 2.33. The lowest BCUT2D eigenvalue weighted by molar-refractivity contribution is 0.102. The number of anilines is 1. The Morgan fingerprint density at radius 1 is 1.13 bits per heavy atom. The quantitative estimate of drug-likeness (QED) is 0.262. The molecule has 0 radical (unpaired) electrons. The van der Waals surface area contributed by atoms with Gasteiger partial charge >= 0.3 is 0 Å². The van der Waals surface area contributed by atoms with Crippen LogP contribution in [0.25, 0.3) is 10.8 Å². The number of amides is 1. The molecule has 6 heteroatoms. The van der Waals surface area contributed by atoms with Crippen LogP contribution in [-0.4, -0.2) is 18.7 Å². The van der Waals surface area contributed by atoms with Crippen LogP contribution in [0, 0.1) is 22.7 Å². The molecule has 3 aromatic carbocycles. The van der Waals surface area contributed by atoms with Crippen molar-refractivity contribution in [3.8, 4) is 11.8 Å². The molecule has 0 aliphatic heterocycles. The fourth-order valence-electron chi connectivity index (χ4n) is 5.12. The molecule has 5 rings (SSSR count). The fraction of sp³-hybridized carbons (Fsp3) is 0.281. The molecule has 4 aromatic rings. The van der Waals surface area contributed by atoms with Crippen LogP contribution in [0.3, 0.4) is 0 Å². The molecule has 0 spiro atoms. The highest BCUT2D eigenvalue weighted by Crippen LogP contribution is 2.45. The van der Waals surface area contributed by atoms with E-state index in [0.29, 0.717) is 22.2 Å². The molecule has 0 saturated heterocycles. The van der Waals surface area contributed by atoms with Crippen molar-refractivity contribution < 1.29 is 9.53 Å². The summed E-state index contributed by atoms with van der Waals surface area (Å²) < 4.78 is 5.74. The molecular formula is C32H31N3O2S. The van der Waals surface area contributed by atoms with E-state index in [1.807, 2.05) is 72.8 Å². The Morgan fingerprint density at radius 2 is 1.89 bits per heavy atom. The minimum absolute atomic E-state index is 0.0502. The van der Waals surface area contributed by atoms with Crippen LogP contribution < -0.4 is 10.1 Å². The normalized spacial score (nSPS) is 15.3. The van der Waals surface area contributed by atoms with Crippen molar-refractivity contribution in [3.63, 3.8) is 0 Å². The van der Waals surface area contributed by atoms with Crippen LogP contribution in [0.2, 0.25) is 0 Å². The van der Waals surface area contributed by atoms with E-state index in [2.05, 4.69) is 26.1 Å². The topological polar surface area (TPSA) is 74.5 Å². The summed E-state index contributed by atoms with van der Waals surface area (Å²) in [4.78, 5) is 19.8. The third-order valence-electron chi connectivity index (χ3n) is 7.26. The summed E-state index contributed by atoms with van der Waals surface area (Å²) in [7, 11) is 0. The van der Waals surface area contributed by atoms with Gasteiger partial charge in [0.1, 0.15) is 16.8 Å². The third-order valence-corrected chi connectivity index (χ3v) is 8.43. The van der Waals surface area contributed by atoms with Gasteiger partial charge in [-0.15, -0.1) is 11.3 Å². The van der Waals surface area contributed by atoms with Crippen LogP contribution in [0.5, 0.6) is 5.75 Å². The average Bonchev–Trinajstić information content (AvgIpc) is 3.28. The van der Waals surface area contributed by atoms with Gasteiger partial charge in [0.15, 0.2) is 6.61 Å². The lowest BCUT2D eigenvalue weighted by Crippen LogP contribution is -2.27. The number of rotatable bonds is 6. The molecule has 5 nitrogen and oxygen atoms in total. The predicted octanol–water partition coefficient (Wildman–Crippen LogP) is 7.96. The first kappa shape index (κ1) is 25.7. The maximum absolute atomic E-state index is 13.6. The maximum Gasteiger partial charge on any atom is 0.259 e. The first-order valence-electron chi connectivity index (χ1n) is 12.9. The summed E-state index contributed by atoms with van der Waals surface area (Å²) >= 11 is 1.62. The van der Waals surface area contributed by atoms with E-state index >= 15 is 0 Å². The van der Waals surface area contributed by atoms with Crippen molar-refractivity contribution in [3.05, 3.63) is 88.3 Å². The van der Waals surface area contributed by atoms with Crippen molar-refractivity contribution in [2.75, 3.05) is 11.9 Å². The van der Waals surface area contributed by atoms with Gasteiger partial charge in [-0.25, -0.2) is 4.99 Å². The first-order chi connectivity index (χ1) is 18.3. The van der Waals surface area contributed by atoms with E-state index in [0.717, 1.165) is 46.8 Å². The van der Waals surface area contributed by atoms with E-state index in [-0.39, 0.29) is 17.9 Å². The number of hydrogen-bond donors (Lipinski definition) is 1. The van der Waals surface area contributed by atoms with Crippen molar-refractivity contribution in [1.82, 2.24) is 0 Å². The molecule has 0 saturated carbocycles. The second-order valence-electron chi connectivity index (χ2n) is 10.7. The molecule has 1 aliphatic rings. The molecule has 1 aliphatic carbocycles. The number of ether oxygens (including phenoxy) is 1. The monoisotopic (exact) mass is 521 g/mol. The minimum atomic E-state index is -0.131. The number of hydrogen-bond acceptors (Lipinski definition) is 5. The van der Waals surface area contributed by atoms with Crippen molar-refractivity contribution in [1.29, 1.82) is 5.26 Å². The number of thiophene rings is 1. The molecule has 1 aromatic heterocycles. The van der Waals surface area contributed by atoms with Gasteiger partial charge in [-0.2, -0.15) is 5.26 Å². The SMILES string of the molecule is CC(C)(C)[C@@H]1CCc2c(sc(N=Cc3c(OCC#N)ccc4ccccc34)c2C(=O)Nc2ccccc2)C1. The molecule has 0 unspecified atom stereocenters. The van der Waals surface area contributed by atoms with Crippen LogP contribution >= 0.6 is 11.3 Å². The van der Waals surface area contributed by atoms with Crippen LogP contribution in [0.4, 0.5) is 10.7 Å².